The maximum Gasteiger partial charge on any atom is 0.245 e. The fourth-order valence-corrected chi connectivity index (χ4v) is 2.64. The Bertz CT molecular complexity index is 350. The Morgan fingerprint density at radius 3 is 2.40 bits per heavy atom. The number of carbonyl (C=O) groups is 2. The molecule has 0 saturated carbocycles. The van der Waals surface area contributed by atoms with E-state index in [1.807, 2.05) is 34.6 Å². The number of ether oxygens (including phenoxy) is 1. The molecule has 0 aromatic rings. The molecule has 0 radical (unpaired) electrons. The second-order valence-corrected chi connectivity index (χ2v) is 6.32. The standard InChI is InChI=1S/C15H28N2O3/c1-6-11-14(19)17(9-8-10-20-7-2)12(13(18)16-11)15(3,4)5/h11-12H,6-10H2,1-5H3,(H,16,18). The molecule has 0 spiro atoms. The molecule has 1 rings (SSSR count). The van der Waals surface area contributed by atoms with Gasteiger partial charge in [0.2, 0.25) is 11.8 Å². The summed E-state index contributed by atoms with van der Waals surface area (Å²) in [6, 6.07) is -0.785. The number of carbonyl (C=O) groups excluding carboxylic acids is 2. The molecule has 116 valence electrons. The van der Waals surface area contributed by atoms with Crippen molar-refractivity contribution in [2.45, 2.75) is 59.5 Å². The van der Waals surface area contributed by atoms with E-state index in [-0.39, 0.29) is 23.3 Å². The zero-order valence-electron chi connectivity index (χ0n) is 13.4. The molecule has 2 amide bonds. The predicted molar refractivity (Wildman–Crippen MR) is 78.3 cm³/mol. The summed E-state index contributed by atoms with van der Waals surface area (Å²) in [5, 5.41) is 2.84. The topological polar surface area (TPSA) is 58.6 Å². The van der Waals surface area contributed by atoms with E-state index >= 15 is 0 Å². The normalized spacial score (nSPS) is 23.9. The van der Waals surface area contributed by atoms with Crippen molar-refractivity contribution in [3.8, 4) is 0 Å². The monoisotopic (exact) mass is 284 g/mol. The minimum atomic E-state index is -0.403. The Hall–Kier alpha value is -1.10. The lowest BCUT2D eigenvalue weighted by Crippen LogP contribution is -2.66. The average molecular weight is 284 g/mol. The molecule has 2 unspecified atom stereocenters. The van der Waals surface area contributed by atoms with E-state index in [0.29, 0.717) is 26.2 Å². The minimum absolute atomic E-state index is 0.0310. The number of rotatable bonds is 6. The van der Waals surface area contributed by atoms with Crippen molar-refractivity contribution in [2.75, 3.05) is 19.8 Å². The first-order chi connectivity index (χ1) is 9.32. The molecule has 1 saturated heterocycles. The second-order valence-electron chi connectivity index (χ2n) is 6.32. The second kappa shape index (κ2) is 7.07. The van der Waals surface area contributed by atoms with E-state index in [0.717, 1.165) is 6.42 Å². The molecule has 1 aliphatic rings. The molecule has 1 aliphatic heterocycles. The first-order valence-electron chi connectivity index (χ1n) is 7.51. The van der Waals surface area contributed by atoms with Crippen molar-refractivity contribution in [1.29, 1.82) is 0 Å². The quantitative estimate of drug-likeness (QED) is 0.753. The number of amides is 2. The smallest absolute Gasteiger partial charge is 0.245 e. The highest BCUT2D eigenvalue weighted by Crippen LogP contribution is 2.28. The van der Waals surface area contributed by atoms with Gasteiger partial charge >= 0.3 is 0 Å². The first kappa shape index (κ1) is 17.0. The van der Waals surface area contributed by atoms with Gasteiger partial charge in [0.25, 0.3) is 0 Å². The molecule has 2 atom stereocenters. The highest BCUT2D eigenvalue weighted by atomic mass is 16.5. The van der Waals surface area contributed by atoms with Gasteiger partial charge in [-0.1, -0.05) is 27.7 Å². The van der Waals surface area contributed by atoms with E-state index in [2.05, 4.69) is 5.32 Å². The molecule has 0 aromatic carbocycles. The zero-order chi connectivity index (χ0) is 15.3. The number of hydrogen-bond acceptors (Lipinski definition) is 3. The summed E-state index contributed by atoms with van der Waals surface area (Å²) in [6.45, 7) is 11.7. The van der Waals surface area contributed by atoms with Crippen LogP contribution in [0.1, 0.15) is 47.5 Å². The maximum atomic E-state index is 12.5. The molecule has 1 fully saturated rings. The zero-order valence-corrected chi connectivity index (χ0v) is 13.4. The number of piperazine rings is 1. The van der Waals surface area contributed by atoms with Gasteiger partial charge in [-0.3, -0.25) is 9.59 Å². The third kappa shape index (κ3) is 3.95. The molecular formula is C15H28N2O3. The van der Waals surface area contributed by atoms with Crippen LogP contribution < -0.4 is 5.32 Å². The van der Waals surface area contributed by atoms with E-state index in [9.17, 15) is 9.59 Å². The minimum Gasteiger partial charge on any atom is -0.382 e. The molecule has 0 aromatic heterocycles. The summed E-state index contributed by atoms with van der Waals surface area (Å²) >= 11 is 0. The predicted octanol–water partition coefficient (Wildman–Crippen LogP) is 1.56. The number of hydrogen-bond donors (Lipinski definition) is 1. The molecule has 5 heteroatoms. The lowest BCUT2D eigenvalue weighted by atomic mass is 9.83. The summed E-state index contributed by atoms with van der Waals surface area (Å²) in [5.41, 5.74) is -0.274. The van der Waals surface area contributed by atoms with Crippen molar-refractivity contribution in [3.63, 3.8) is 0 Å². The van der Waals surface area contributed by atoms with Crippen molar-refractivity contribution in [3.05, 3.63) is 0 Å². The average Bonchev–Trinajstić information content (AvgIpc) is 2.36. The highest BCUT2D eigenvalue weighted by Gasteiger charge is 2.45. The third-order valence-corrected chi connectivity index (χ3v) is 3.58. The van der Waals surface area contributed by atoms with Gasteiger partial charge in [-0.15, -0.1) is 0 Å². The van der Waals surface area contributed by atoms with E-state index < -0.39 is 6.04 Å². The van der Waals surface area contributed by atoms with Crippen LogP contribution in [-0.2, 0) is 14.3 Å². The molecular weight excluding hydrogens is 256 g/mol. The van der Waals surface area contributed by atoms with Crippen LogP contribution >= 0.6 is 0 Å². The Labute approximate surface area is 122 Å². The van der Waals surface area contributed by atoms with Crippen LogP contribution in [0.25, 0.3) is 0 Å². The number of nitrogens with zero attached hydrogens (tertiary/aromatic N) is 1. The van der Waals surface area contributed by atoms with Crippen LogP contribution in [0, 0.1) is 5.41 Å². The van der Waals surface area contributed by atoms with Crippen LogP contribution in [0.4, 0.5) is 0 Å². The lowest BCUT2D eigenvalue weighted by molar-refractivity contribution is -0.154. The van der Waals surface area contributed by atoms with Crippen LogP contribution in [0.3, 0.4) is 0 Å². The van der Waals surface area contributed by atoms with Crippen molar-refractivity contribution in [1.82, 2.24) is 10.2 Å². The van der Waals surface area contributed by atoms with Crippen LogP contribution in [0.15, 0.2) is 0 Å². The summed E-state index contributed by atoms with van der Waals surface area (Å²) < 4.78 is 5.32. The van der Waals surface area contributed by atoms with Crippen LogP contribution in [-0.4, -0.2) is 48.6 Å². The lowest BCUT2D eigenvalue weighted by Gasteiger charge is -2.44. The number of nitrogens with one attached hydrogen (secondary N) is 1. The molecule has 5 nitrogen and oxygen atoms in total. The van der Waals surface area contributed by atoms with E-state index in [4.69, 9.17) is 4.74 Å². The van der Waals surface area contributed by atoms with Crippen molar-refractivity contribution < 1.29 is 14.3 Å². The molecule has 1 heterocycles. The maximum absolute atomic E-state index is 12.5. The van der Waals surface area contributed by atoms with Crippen molar-refractivity contribution >= 4 is 11.8 Å². The van der Waals surface area contributed by atoms with Gasteiger partial charge in [-0.05, 0) is 25.2 Å². The molecule has 0 aliphatic carbocycles. The Balaban J connectivity index is 2.83. The van der Waals surface area contributed by atoms with Gasteiger partial charge in [-0.2, -0.15) is 0 Å². The fourth-order valence-electron chi connectivity index (χ4n) is 2.64. The largest absolute Gasteiger partial charge is 0.382 e. The van der Waals surface area contributed by atoms with Gasteiger partial charge in [0, 0.05) is 19.8 Å². The van der Waals surface area contributed by atoms with Gasteiger partial charge in [-0.25, -0.2) is 0 Å². The van der Waals surface area contributed by atoms with Gasteiger partial charge in [0.05, 0.1) is 0 Å². The summed E-state index contributed by atoms with van der Waals surface area (Å²) in [7, 11) is 0. The van der Waals surface area contributed by atoms with Crippen LogP contribution in [0.2, 0.25) is 0 Å². The summed E-state index contributed by atoms with van der Waals surface area (Å²) in [5.74, 6) is -0.0103. The van der Waals surface area contributed by atoms with Gasteiger partial charge < -0.3 is 15.0 Å². The van der Waals surface area contributed by atoms with Crippen LogP contribution in [0.5, 0.6) is 0 Å². The van der Waals surface area contributed by atoms with Gasteiger partial charge in [0.1, 0.15) is 12.1 Å². The molecule has 0 bridgehead atoms. The Morgan fingerprint density at radius 2 is 1.90 bits per heavy atom. The summed E-state index contributed by atoms with van der Waals surface area (Å²) in [6.07, 6.45) is 1.39. The third-order valence-electron chi connectivity index (χ3n) is 3.58. The SMILES string of the molecule is CCOCCCN1C(=O)C(CC)NC(=O)C1C(C)(C)C. The molecule has 20 heavy (non-hydrogen) atoms. The Morgan fingerprint density at radius 1 is 1.25 bits per heavy atom. The van der Waals surface area contributed by atoms with E-state index in [1.54, 1.807) is 4.90 Å². The fraction of sp³-hybridized carbons (Fsp3) is 0.867. The molecule has 1 N–H and O–H groups in total. The summed E-state index contributed by atoms with van der Waals surface area (Å²) in [4.78, 5) is 26.6. The van der Waals surface area contributed by atoms with Gasteiger partial charge in [0.15, 0.2) is 0 Å². The first-order valence-corrected chi connectivity index (χ1v) is 7.51. The van der Waals surface area contributed by atoms with Crippen molar-refractivity contribution in [2.24, 2.45) is 5.41 Å². The highest BCUT2D eigenvalue weighted by molar-refractivity contribution is 5.97. The Kier molecular flexibility index (Phi) is 5.99. The van der Waals surface area contributed by atoms with E-state index in [1.165, 1.54) is 0 Å².